The van der Waals surface area contributed by atoms with Gasteiger partial charge in [-0.15, -0.1) is 0 Å². The fourth-order valence-electron chi connectivity index (χ4n) is 0.453. The average molecular weight is 155 g/mol. The van der Waals surface area contributed by atoms with Gasteiger partial charge in [-0.1, -0.05) is 0 Å². The zero-order chi connectivity index (χ0) is 8.91. The fourth-order valence-corrected chi connectivity index (χ4v) is 0.453. The van der Waals surface area contributed by atoms with E-state index in [0.717, 1.165) is 0 Å². The minimum Gasteiger partial charge on any atom is -0.367 e. The number of ketones is 1. The van der Waals surface area contributed by atoms with E-state index < -0.39 is 5.60 Å². The summed E-state index contributed by atoms with van der Waals surface area (Å²) in [6.45, 7) is 5.20. The van der Waals surface area contributed by atoms with Crippen molar-refractivity contribution in [1.29, 1.82) is 5.26 Å². The van der Waals surface area contributed by atoms with Crippen molar-refractivity contribution < 1.29 is 9.53 Å². The number of hydrogen-bond acceptors (Lipinski definition) is 3. The lowest BCUT2D eigenvalue weighted by Crippen LogP contribution is -2.33. The number of carbonyl (C=O) groups excluding carboxylic acids is 1. The molecule has 0 unspecified atom stereocenters. The van der Waals surface area contributed by atoms with E-state index in [-0.39, 0.29) is 5.78 Å². The molecule has 62 valence electrons. The number of rotatable bonds is 4. The van der Waals surface area contributed by atoms with Gasteiger partial charge in [0.25, 0.3) is 0 Å². The molecule has 0 aliphatic heterocycles. The molecule has 0 amide bonds. The highest BCUT2D eigenvalue weighted by molar-refractivity contribution is 5.83. The Kier molecular flexibility index (Phi) is 3.77. The predicted molar refractivity (Wildman–Crippen MR) is 40.9 cm³/mol. The van der Waals surface area contributed by atoms with Crippen LogP contribution in [-0.4, -0.2) is 18.0 Å². The summed E-state index contributed by atoms with van der Waals surface area (Å²) in [5.41, 5.74) is -0.739. The van der Waals surface area contributed by atoms with Crippen LogP contribution in [0.2, 0.25) is 0 Å². The first-order valence-electron chi connectivity index (χ1n) is 3.52. The lowest BCUT2D eigenvalue weighted by molar-refractivity contribution is -0.137. The number of ether oxygens (including phenoxy) is 1. The van der Waals surface area contributed by atoms with Gasteiger partial charge in [0, 0.05) is 0 Å². The van der Waals surface area contributed by atoms with Gasteiger partial charge in [-0.2, -0.15) is 5.26 Å². The van der Waals surface area contributed by atoms with Crippen LogP contribution in [0.15, 0.2) is 0 Å². The molecule has 0 fully saturated rings. The van der Waals surface area contributed by atoms with E-state index in [9.17, 15) is 4.79 Å². The van der Waals surface area contributed by atoms with Crippen molar-refractivity contribution in [2.45, 2.75) is 32.8 Å². The Balaban J connectivity index is 3.75. The molecule has 3 nitrogen and oxygen atoms in total. The Morgan fingerprint density at radius 1 is 1.64 bits per heavy atom. The number of nitrogens with zero attached hydrogens (tertiary/aromatic N) is 1. The molecule has 0 spiro atoms. The molecule has 0 saturated heterocycles. The van der Waals surface area contributed by atoms with Gasteiger partial charge in [0.1, 0.15) is 5.60 Å². The first-order valence-corrected chi connectivity index (χ1v) is 3.52. The fraction of sp³-hybridized carbons (Fsp3) is 0.750. The highest BCUT2D eigenvalue weighted by Crippen LogP contribution is 2.09. The molecule has 0 rings (SSSR count). The second-order valence-electron chi connectivity index (χ2n) is 2.82. The maximum absolute atomic E-state index is 10.9. The number of Topliss-reactive ketones (excluding diaryl/α,β-unsaturated/α-hetero) is 1. The molecule has 0 heterocycles. The molecule has 0 aromatic rings. The molecule has 0 bridgehead atoms. The summed E-state index contributed by atoms with van der Waals surface area (Å²) in [5.74, 6) is -0.0181. The largest absolute Gasteiger partial charge is 0.367 e. The second kappa shape index (κ2) is 4.09. The van der Waals surface area contributed by atoms with Gasteiger partial charge in [0.05, 0.1) is 19.1 Å². The van der Waals surface area contributed by atoms with Crippen LogP contribution in [-0.2, 0) is 9.53 Å². The zero-order valence-corrected chi connectivity index (χ0v) is 7.18. The van der Waals surface area contributed by atoms with Crippen molar-refractivity contribution in [1.82, 2.24) is 0 Å². The summed E-state index contributed by atoms with van der Waals surface area (Å²) in [7, 11) is 0. The van der Waals surface area contributed by atoms with Gasteiger partial charge in [0.15, 0.2) is 5.78 Å². The third kappa shape index (κ3) is 3.74. The SMILES string of the molecule is CC(=O)C(C)(C)OCCC#N. The summed E-state index contributed by atoms with van der Waals surface area (Å²) in [5, 5.41) is 8.19. The van der Waals surface area contributed by atoms with Crippen LogP contribution in [0.1, 0.15) is 27.2 Å². The molecule has 0 N–H and O–H groups in total. The third-order valence-corrected chi connectivity index (χ3v) is 1.52. The Morgan fingerprint density at radius 3 is 2.55 bits per heavy atom. The second-order valence-corrected chi connectivity index (χ2v) is 2.82. The Labute approximate surface area is 67.0 Å². The summed E-state index contributed by atoms with van der Waals surface area (Å²) in [6.07, 6.45) is 0.330. The van der Waals surface area contributed by atoms with Crippen molar-refractivity contribution in [2.75, 3.05) is 6.61 Å². The zero-order valence-electron chi connectivity index (χ0n) is 7.18. The quantitative estimate of drug-likeness (QED) is 0.575. The van der Waals surface area contributed by atoms with E-state index in [1.807, 2.05) is 6.07 Å². The predicted octanol–water partition coefficient (Wildman–Crippen LogP) is 1.28. The van der Waals surface area contributed by atoms with E-state index in [1.54, 1.807) is 13.8 Å². The van der Waals surface area contributed by atoms with Gasteiger partial charge in [-0.25, -0.2) is 0 Å². The maximum atomic E-state index is 10.9. The van der Waals surface area contributed by atoms with Crippen LogP contribution in [0.25, 0.3) is 0 Å². The molecule has 0 aliphatic rings. The van der Waals surface area contributed by atoms with Crippen molar-refractivity contribution in [2.24, 2.45) is 0 Å². The van der Waals surface area contributed by atoms with Crippen LogP contribution >= 0.6 is 0 Å². The Hall–Kier alpha value is -0.880. The van der Waals surface area contributed by atoms with Gasteiger partial charge in [-0.05, 0) is 20.8 Å². The van der Waals surface area contributed by atoms with Crippen LogP contribution in [0.5, 0.6) is 0 Å². The van der Waals surface area contributed by atoms with Crippen molar-refractivity contribution in [3.05, 3.63) is 0 Å². The average Bonchev–Trinajstić information content (AvgIpc) is 1.88. The molecule has 0 saturated carbocycles. The van der Waals surface area contributed by atoms with Gasteiger partial charge in [0.2, 0.25) is 0 Å². The van der Waals surface area contributed by atoms with Crippen molar-refractivity contribution >= 4 is 5.78 Å². The lowest BCUT2D eigenvalue weighted by atomic mass is 10.1. The Bertz CT molecular complexity index is 179. The monoisotopic (exact) mass is 155 g/mol. The summed E-state index contributed by atoms with van der Waals surface area (Å²) >= 11 is 0. The van der Waals surface area contributed by atoms with Crippen molar-refractivity contribution in [3.63, 3.8) is 0 Å². The maximum Gasteiger partial charge on any atom is 0.160 e. The molecule has 3 heteroatoms. The van der Waals surface area contributed by atoms with E-state index in [1.165, 1.54) is 6.92 Å². The molecule has 0 atom stereocenters. The standard InChI is InChI=1S/C8H13NO2/c1-7(10)8(2,3)11-6-4-5-9/h4,6H2,1-3H3. The third-order valence-electron chi connectivity index (χ3n) is 1.52. The molecule has 0 aromatic carbocycles. The van der Waals surface area contributed by atoms with E-state index in [0.29, 0.717) is 13.0 Å². The minimum absolute atomic E-state index is 0.0181. The lowest BCUT2D eigenvalue weighted by Gasteiger charge is -2.20. The molecule has 0 radical (unpaired) electrons. The van der Waals surface area contributed by atoms with Crippen LogP contribution < -0.4 is 0 Å². The van der Waals surface area contributed by atoms with Crippen LogP contribution in [0, 0.1) is 11.3 Å². The Morgan fingerprint density at radius 2 is 2.18 bits per heavy atom. The van der Waals surface area contributed by atoms with E-state index in [2.05, 4.69) is 0 Å². The van der Waals surface area contributed by atoms with E-state index >= 15 is 0 Å². The normalized spacial score (nSPS) is 10.7. The molecular weight excluding hydrogens is 142 g/mol. The van der Waals surface area contributed by atoms with Gasteiger partial charge >= 0.3 is 0 Å². The highest BCUT2D eigenvalue weighted by Gasteiger charge is 2.23. The molecular formula is C8H13NO2. The number of nitriles is 1. The number of carbonyl (C=O) groups is 1. The highest BCUT2D eigenvalue weighted by atomic mass is 16.5. The minimum atomic E-state index is -0.739. The number of hydrogen-bond donors (Lipinski definition) is 0. The van der Waals surface area contributed by atoms with Crippen molar-refractivity contribution in [3.8, 4) is 6.07 Å². The van der Waals surface area contributed by atoms with Crippen LogP contribution in [0.3, 0.4) is 0 Å². The first-order chi connectivity index (χ1) is 5.00. The molecule has 11 heavy (non-hydrogen) atoms. The van der Waals surface area contributed by atoms with E-state index in [4.69, 9.17) is 10.00 Å². The molecule has 0 aromatic heterocycles. The van der Waals surface area contributed by atoms with Gasteiger partial charge < -0.3 is 4.74 Å². The topological polar surface area (TPSA) is 50.1 Å². The molecule has 0 aliphatic carbocycles. The summed E-state index contributed by atoms with van der Waals surface area (Å²) in [4.78, 5) is 10.9. The smallest absolute Gasteiger partial charge is 0.160 e. The van der Waals surface area contributed by atoms with Crippen LogP contribution in [0.4, 0.5) is 0 Å². The van der Waals surface area contributed by atoms with Gasteiger partial charge in [-0.3, -0.25) is 4.79 Å². The first kappa shape index (κ1) is 10.1. The summed E-state index contributed by atoms with van der Waals surface area (Å²) < 4.78 is 5.16. The summed E-state index contributed by atoms with van der Waals surface area (Å²) in [6, 6.07) is 1.94.